The van der Waals surface area contributed by atoms with Crippen LogP contribution in [0.25, 0.3) is 10.9 Å². The fraction of sp³-hybridized carbons (Fsp3) is 0.100. The van der Waals surface area contributed by atoms with Crippen LogP contribution in [0.2, 0.25) is 0 Å². The Hall–Kier alpha value is -0.810. The number of carbonyl (C=O) groups is 1. The summed E-state index contributed by atoms with van der Waals surface area (Å²) in [7, 11) is 0. The van der Waals surface area contributed by atoms with Crippen LogP contribution >= 0.6 is 31.9 Å². The Kier molecular flexibility index (Phi) is 2.84. The largest absolute Gasteiger partial charge is 0.481 e. The highest BCUT2D eigenvalue weighted by Gasteiger charge is 2.10. The van der Waals surface area contributed by atoms with Crippen LogP contribution in [0.15, 0.2) is 27.3 Å². The first kappa shape index (κ1) is 10.7. The quantitative estimate of drug-likeness (QED) is 0.886. The summed E-state index contributed by atoms with van der Waals surface area (Å²) < 4.78 is 1.86. The molecule has 2 aromatic rings. The van der Waals surface area contributed by atoms with Gasteiger partial charge in [0.25, 0.3) is 0 Å². The maximum Gasteiger partial charge on any atom is 0.307 e. The lowest BCUT2D eigenvalue weighted by molar-refractivity contribution is -0.136. The van der Waals surface area contributed by atoms with Gasteiger partial charge in [-0.1, -0.05) is 6.07 Å². The molecule has 0 radical (unpaired) electrons. The molecule has 0 aliphatic carbocycles. The number of hydrogen-bond donors (Lipinski definition) is 2. The second-order valence-corrected chi connectivity index (χ2v) is 4.82. The number of benzene rings is 1. The van der Waals surface area contributed by atoms with Gasteiger partial charge in [0.2, 0.25) is 0 Å². The van der Waals surface area contributed by atoms with Crippen LogP contribution < -0.4 is 0 Å². The topological polar surface area (TPSA) is 53.1 Å². The molecule has 0 unspecified atom stereocenters. The SMILES string of the molecule is O=C(O)Cc1c[nH]c2c(Br)c(Br)ccc12. The minimum atomic E-state index is -0.824. The van der Waals surface area contributed by atoms with E-state index in [4.69, 9.17) is 5.11 Å². The smallest absolute Gasteiger partial charge is 0.307 e. The number of carboxylic acid groups (broad SMARTS) is 1. The zero-order valence-electron chi connectivity index (χ0n) is 7.55. The van der Waals surface area contributed by atoms with E-state index in [1.807, 2.05) is 12.1 Å². The number of fused-ring (bicyclic) bond motifs is 1. The number of aromatic nitrogens is 1. The maximum absolute atomic E-state index is 10.6. The second-order valence-electron chi connectivity index (χ2n) is 3.17. The van der Waals surface area contributed by atoms with Gasteiger partial charge >= 0.3 is 5.97 Å². The predicted molar refractivity (Wildman–Crippen MR) is 65.0 cm³/mol. The molecule has 2 rings (SSSR count). The number of hydrogen-bond acceptors (Lipinski definition) is 1. The van der Waals surface area contributed by atoms with E-state index in [0.717, 1.165) is 25.4 Å². The number of halogens is 2. The van der Waals surface area contributed by atoms with E-state index >= 15 is 0 Å². The Morgan fingerprint density at radius 3 is 2.80 bits per heavy atom. The minimum absolute atomic E-state index is 0.0358. The number of H-pyrrole nitrogens is 1. The molecule has 0 fully saturated rings. The fourth-order valence-electron chi connectivity index (χ4n) is 1.51. The van der Waals surface area contributed by atoms with Gasteiger partial charge in [-0.15, -0.1) is 0 Å². The monoisotopic (exact) mass is 331 g/mol. The van der Waals surface area contributed by atoms with Crippen molar-refractivity contribution < 1.29 is 9.90 Å². The molecule has 1 aromatic heterocycles. The van der Waals surface area contributed by atoms with Crippen LogP contribution in [0.3, 0.4) is 0 Å². The Morgan fingerprint density at radius 1 is 1.40 bits per heavy atom. The first-order valence-corrected chi connectivity index (χ1v) is 5.84. The van der Waals surface area contributed by atoms with Crippen molar-refractivity contribution >= 4 is 48.7 Å². The predicted octanol–water partition coefficient (Wildman–Crippen LogP) is 3.32. The summed E-state index contributed by atoms with van der Waals surface area (Å²) in [4.78, 5) is 13.7. The van der Waals surface area contributed by atoms with Crippen LogP contribution in [-0.4, -0.2) is 16.1 Å². The lowest BCUT2D eigenvalue weighted by Gasteiger charge is -1.99. The Bertz CT molecular complexity index is 533. The lowest BCUT2D eigenvalue weighted by atomic mass is 10.1. The van der Waals surface area contributed by atoms with Gasteiger partial charge in [-0.05, 0) is 43.5 Å². The molecular weight excluding hydrogens is 326 g/mol. The number of carboxylic acids is 1. The highest BCUT2D eigenvalue weighted by Crippen LogP contribution is 2.32. The highest BCUT2D eigenvalue weighted by molar-refractivity contribution is 9.13. The third kappa shape index (κ3) is 1.94. The van der Waals surface area contributed by atoms with E-state index in [1.165, 1.54) is 0 Å². The highest BCUT2D eigenvalue weighted by atomic mass is 79.9. The molecule has 1 aromatic carbocycles. The van der Waals surface area contributed by atoms with Gasteiger partial charge in [-0.2, -0.15) is 0 Å². The van der Waals surface area contributed by atoms with Crippen molar-refractivity contribution in [2.24, 2.45) is 0 Å². The van der Waals surface area contributed by atoms with Gasteiger partial charge < -0.3 is 10.1 Å². The van der Waals surface area contributed by atoms with E-state index in [2.05, 4.69) is 36.8 Å². The number of aliphatic carboxylic acids is 1. The molecular formula is C10H7Br2NO2. The van der Waals surface area contributed by atoms with Crippen LogP contribution in [0.1, 0.15) is 5.56 Å². The molecule has 3 nitrogen and oxygen atoms in total. The van der Waals surface area contributed by atoms with Crippen LogP contribution in [0.4, 0.5) is 0 Å². The first-order chi connectivity index (χ1) is 7.09. The number of rotatable bonds is 2. The molecule has 1 heterocycles. The van der Waals surface area contributed by atoms with Crippen molar-refractivity contribution in [1.82, 2.24) is 4.98 Å². The van der Waals surface area contributed by atoms with E-state index < -0.39 is 5.97 Å². The van der Waals surface area contributed by atoms with Crippen molar-refractivity contribution in [3.8, 4) is 0 Å². The summed E-state index contributed by atoms with van der Waals surface area (Å²) in [6, 6.07) is 3.80. The first-order valence-electron chi connectivity index (χ1n) is 4.25. The molecule has 15 heavy (non-hydrogen) atoms. The molecule has 2 N–H and O–H groups in total. The van der Waals surface area contributed by atoms with Gasteiger partial charge in [-0.25, -0.2) is 0 Å². The molecule has 0 amide bonds. The molecule has 5 heteroatoms. The number of nitrogens with one attached hydrogen (secondary N) is 1. The maximum atomic E-state index is 10.6. The van der Waals surface area contributed by atoms with Crippen molar-refractivity contribution in [3.63, 3.8) is 0 Å². The number of aromatic amines is 1. The summed E-state index contributed by atoms with van der Waals surface area (Å²) in [6.45, 7) is 0. The molecule has 0 saturated carbocycles. The van der Waals surface area contributed by atoms with E-state index in [1.54, 1.807) is 6.20 Å². The summed E-state index contributed by atoms with van der Waals surface area (Å²) in [5.74, 6) is -0.824. The molecule has 0 atom stereocenters. The fourth-order valence-corrected chi connectivity index (χ4v) is 2.30. The summed E-state index contributed by atoms with van der Waals surface area (Å²) in [5.41, 5.74) is 1.71. The molecule has 78 valence electrons. The standard InChI is InChI=1S/C10H7Br2NO2/c11-7-2-1-6-5(3-8(14)15)4-13-10(6)9(7)12/h1-2,4,13H,3H2,(H,14,15). The van der Waals surface area contributed by atoms with Crippen molar-refractivity contribution in [3.05, 3.63) is 32.8 Å². The lowest BCUT2D eigenvalue weighted by Crippen LogP contribution is -1.98. The Morgan fingerprint density at radius 2 is 2.13 bits per heavy atom. The van der Waals surface area contributed by atoms with Gasteiger partial charge in [0.15, 0.2) is 0 Å². The van der Waals surface area contributed by atoms with Gasteiger partial charge in [0, 0.05) is 16.1 Å². The molecule has 0 spiro atoms. The van der Waals surface area contributed by atoms with Crippen LogP contribution in [0, 0.1) is 0 Å². The van der Waals surface area contributed by atoms with Crippen LogP contribution in [0.5, 0.6) is 0 Å². The third-order valence-corrected chi connectivity index (χ3v) is 4.19. The third-order valence-electron chi connectivity index (χ3n) is 2.17. The Balaban J connectivity index is 2.61. The minimum Gasteiger partial charge on any atom is -0.481 e. The van der Waals surface area contributed by atoms with Gasteiger partial charge in [0.1, 0.15) is 0 Å². The van der Waals surface area contributed by atoms with E-state index in [0.29, 0.717) is 0 Å². The zero-order chi connectivity index (χ0) is 11.0. The Labute approximate surface area is 103 Å². The molecule has 0 bridgehead atoms. The molecule has 0 saturated heterocycles. The molecule has 0 aliphatic heterocycles. The van der Waals surface area contributed by atoms with E-state index in [-0.39, 0.29) is 6.42 Å². The summed E-state index contributed by atoms with van der Waals surface area (Å²) >= 11 is 6.83. The second kappa shape index (κ2) is 3.98. The normalized spacial score (nSPS) is 10.8. The average Bonchev–Trinajstić information content (AvgIpc) is 2.55. The average molecular weight is 333 g/mol. The van der Waals surface area contributed by atoms with E-state index in [9.17, 15) is 4.79 Å². The van der Waals surface area contributed by atoms with Crippen molar-refractivity contribution in [1.29, 1.82) is 0 Å². The van der Waals surface area contributed by atoms with Crippen LogP contribution in [-0.2, 0) is 11.2 Å². The van der Waals surface area contributed by atoms with Crippen molar-refractivity contribution in [2.75, 3.05) is 0 Å². The van der Waals surface area contributed by atoms with Gasteiger partial charge in [0.05, 0.1) is 16.4 Å². The van der Waals surface area contributed by atoms with Crippen molar-refractivity contribution in [2.45, 2.75) is 6.42 Å². The summed E-state index contributed by atoms with van der Waals surface area (Å²) in [5, 5.41) is 9.67. The molecule has 0 aliphatic rings. The summed E-state index contributed by atoms with van der Waals surface area (Å²) in [6.07, 6.45) is 1.77. The zero-order valence-corrected chi connectivity index (χ0v) is 10.7. The van der Waals surface area contributed by atoms with Gasteiger partial charge in [-0.3, -0.25) is 4.79 Å².